The number of hydrogen-bond acceptors (Lipinski definition) is 6. The highest BCUT2D eigenvalue weighted by atomic mass is 32.1. The van der Waals surface area contributed by atoms with Gasteiger partial charge in [0.1, 0.15) is 0 Å². The first-order valence-electron chi connectivity index (χ1n) is 6.90. The molecule has 2 rings (SSSR count). The van der Waals surface area contributed by atoms with Crippen LogP contribution in [0.25, 0.3) is 0 Å². The molecule has 2 aromatic rings. The second-order valence-corrected chi connectivity index (χ2v) is 6.66. The van der Waals surface area contributed by atoms with E-state index in [9.17, 15) is 0 Å². The summed E-state index contributed by atoms with van der Waals surface area (Å²) in [5.41, 5.74) is 0. The minimum absolute atomic E-state index is 0.172. The predicted molar refractivity (Wildman–Crippen MR) is 81.9 cm³/mol. The molecule has 0 aliphatic carbocycles. The molecule has 0 amide bonds. The minimum Gasteiger partial charge on any atom is -0.407 e. The first kappa shape index (κ1) is 15.0. The average molecular weight is 294 g/mol. The number of nitrogens with one attached hydrogen (secondary N) is 2. The molecule has 2 aromatic heterocycles. The molecule has 0 aromatic carbocycles. The van der Waals surface area contributed by atoms with E-state index in [1.807, 2.05) is 0 Å². The van der Waals surface area contributed by atoms with Crippen LogP contribution >= 0.6 is 11.3 Å². The molecular formula is C14H22N4OS. The first-order valence-corrected chi connectivity index (χ1v) is 7.72. The fraction of sp³-hybridized carbons (Fsp3) is 0.571. The molecule has 0 bridgehead atoms. The quantitative estimate of drug-likeness (QED) is 0.820. The van der Waals surface area contributed by atoms with Crippen molar-refractivity contribution in [1.82, 2.24) is 15.5 Å². The van der Waals surface area contributed by atoms with Crippen LogP contribution in [0.15, 0.2) is 16.5 Å². The molecule has 1 atom stereocenters. The smallest absolute Gasteiger partial charge is 0.316 e. The van der Waals surface area contributed by atoms with E-state index in [4.69, 9.17) is 4.42 Å². The summed E-state index contributed by atoms with van der Waals surface area (Å²) in [6.07, 6.45) is 0. The van der Waals surface area contributed by atoms with Crippen LogP contribution in [0.1, 0.15) is 42.5 Å². The number of rotatable bonds is 7. The zero-order chi connectivity index (χ0) is 14.5. The van der Waals surface area contributed by atoms with Crippen LogP contribution in [-0.4, -0.2) is 16.7 Å². The first-order chi connectivity index (χ1) is 9.54. The van der Waals surface area contributed by atoms with Crippen molar-refractivity contribution in [3.05, 3.63) is 27.8 Å². The van der Waals surface area contributed by atoms with Crippen LogP contribution in [-0.2, 0) is 6.54 Å². The number of aryl methyl sites for hydroxylation is 1. The molecule has 110 valence electrons. The summed E-state index contributed by atoms with van der Waals surface area (Å²) >= 11 is 1.77. The third-order valence-corrected chi connectivity index (χ3v) is 4.01. The average Bonchev–Trinajstić information content (AvgIpc) is 2.98. The Morgan fingerprint density at radius 2 is 2.05 bits per heavy atom. The molecule has 0 radical (unpaired) electrons. The van der Waals surface area contributed by atoms with Gasteiger partial charge >= 0.3 is 6.01 Å². The van der Waals surface area contributed by atoms with E-state index in [2.05, 4.69) is 60.7 Å². The van der Waals surface area contributed by atoms with E-state index in [-0.39, 0.29) is 6.04 Å². The van der Waals surface area contributed by atoms with E-state index in [0.29, 0.717) is 24.4 Å². The Kier molecular flexibility index (Phi) is 5.14. The SMILES string of the molecule is Cc1ccc(C(C)Nc2nnc(CNCC(C)C)o2)s1. The van der Waals surface area contributed by atoms with Gasteiger partial charge in [-0.15, -0.1) is 16.4 Å². The van der Waals surface area contributed by atoms with Gasteiger partial charge in [-0.1, -0.05) is 18.9 Å². The lowest BCUT2D eigenvalue weighted by atomic mass is 10.2. The molecule has 1 unspecified atom stereocenters. The van der Waals surface area contributed by atoms with E-state index in [0.717, 1.165) is 6.54 Å². The lowest BCUT2D eigenvalue weighted by Gasteiger charge is -2.09. The maximum atomic E-state index is 5.57. The van der Waals surface area contributed by atoms with Crippen molar-refractivity contribution in [1.29, 1.82) is 0 Å². The van der Waals surface area contributed by atoms with Crippen LogP contribution < -0.4 is 10.6 Å². The topological polar surface area (TPSA) is 63.0 Å². The summed E-state index contributed by atoms with van der Waals surface area (Å²) in [6.45, 7) is 10.1. The van der Waals surface area contributed by atoms with Gasteiger partial charge < -0.3 is 15.1 Å². The third kappa shape index (κ3) is 4.31. The predicted octanol–water partition coefficient (Wildman–Crippen LogP) is 3.36. The van der Waals surface area contributed by atoms with E-state index in [1.165, 1.54) is 9.75 Å². The second-order valence-electron chi connectivity index (χ2n) is 5.34. The molecule has 6 heteroatoms. The minimum atomic E-state index is 0.172. The summed E-state index contributed by atoms with van der Waals surface area (Å²) in [5.74, 6) is 1.22. The van der Waals surface area contributed by atoms with Crippen molar-refractivity contribution in [3.63, 3.8) is 0 Å². The van der Waals surface area contributed by atoms with Gasteiger partial charge in [-0.2, -0.15) is 0 Å². The maximum Gasteiger partial charge on any atom is 0.316 e. The largest absolute Gasteiger partial charge is 0.407 e. The lowest BCUT2D eigenvalue weighted by Crippen LogP contribution is -2.19. The van der Waals surface area contributed by atoms with Crippen molar-refractivity contribution in [3.8, 4) is 0 Å². The molecule has 0 aliphatic rings. The van der Waals surface area contributed by atoms with Crippen LogP contribution in [0.2, 0.25) is 0 Å². The van der Waals surface area contributed by atoms with Gasteiger partial charge in [-0.3, -0.25) is 0 Å². The van der Waals surface area contributed by atoms with Gasteiger partial charge in [-0.25, -0.2) is 0 Å². The lowest BCUT2D eigenvalue weighted by molar-refractivity contribution is 0.457. The third-order valence-electron chi connectivity index (χ3n) is 2.82. The number of thiophene rings is 1. The second kappa shape index (κ2) is 6.85. The van der Waals surface area contributed by atoms with Crippen LogP contribution in [0.3, 0.4) is 0 Å². The molecule has 20 heavy (non-hydrogen) atoms. The summed E-state index contributed by atoms with van der Waals surface area (Å²) < 4.78 is 5.57. The Hall–Kier alpha value is -1.40. The van der Waals surface area contributed by atoms with Gasteiger partial charge in [0.15, 0.2) is 0 Å². The fourth-order valence-corrected chi connectivity index (χ4v) is 2.67. The number of anilines is 1. The highest BCUT2D eigenvalue weighted by Gasteiger charge is 2.12. The van der Waals surface area contributed by atoms with Crippen LogP contribution in [0.4, 0.5) is 6.01 Å². The van der Waals surface area contributed by atoms with E-state index >= 15 is 0 Å². The zero-order valence-corrected chi connectivity index (χ0v) is 13.3. The number of aromatic nitrogens is 2. The summed E-state index contributed by atoms with van der Waals surface area (Å²) in [6, 6.07) is 4.89. The number of hydrogen-bond donors (Lipinski definition) is 2. The summed E-state index contributed by atoms with van der Waals surface area (Å²) in [7, 11) is 0. The van der Waals surface area contributed by atoms with Crippen molar-refractivity contribution < 1.29 is 4.42 Å². The maximum absolute atomic E-state index is 5.57. The molecule has 0 spiro atoms. The Labute approximate surface area is 123 Å². The monoisotopic (exact) mass is 294 g/mol. The van der Waals surface area contributed by atoms with Crippen LogP contribution in [0, 0.1) is 12.8 Å². The zero-order valence-electron chi connectivity index (χ0n) is 12.4. The normalized spacial score (nSPS) is 12.8. The van der Waals surface area contributed by atoms with Crippen molar-refractivity contribution in [2.45, 2.75) is 40.3 Å². The van der Waals surface area contributed by atoms with Crippen molar-refractivity contribution in [2.75, 3.05) is 11.9 Å². The van der Waals surface area contributed by atoms with Crippen molar-refractivity contribution in [2.24, 2.45) is 5.92 Å². The van der Waals surface area contributed by atoms with Crippen molar-refractivity contribution >= 4 is 17.4 Å². The Bertz CT molecular complexity index is 535. The molecule has 2 N–H and O–H groups in total. The summed E-state index contributed by atoms with van der Waals surface area (Å²) in [5, 5.41) is 14.6. The Morgan fingerprint density at radius 1 is 1.25 bits per heavy atom. The molecule has 0 aliphatic heterocycles. The Morgan fingerprint density at radius 3 is 2.70 bits per heavy atom. The summed E-state index contributed by atoms with van der Waals surface area (Å²) in [4.78, 5) is 2.57. The van der Waals surface area contributed by atoms with Gasteiger partial charge in [0.25, 0.3) is 0 Å². The molecule has 0 saturated carbocycles. The van der Waals surface area contributed by atoms with Gasteiger partial charge in [0.2, 0.25) is 5.89 Å². The molecular weight excluding hydrogens is 272 g/mol. The van der Waals surface area contributed by atoms with Gasteiger partial charge in [0.05, 0.1) is 12.6 Å². The standard InChI is InChI=1S/C14H22N4OS/c1-9(2)7-15-8-13-17-18-14(19-13)16-11(4)12-6-5-10(3)20-12/h5-6,9,11,15H,7-8H2,1-4H3,(H,16,18). The molecule has 0 fully saturated rings. The number of nitrogens with zero attached hydrogens (tertiary/aromatic N) is 2. The van der Waals surface area contributed by atoms with Crippen LogP contribution in [0.5, 0.6) is 0 Å². The highest BCUT2D eigenvalue weighted by molar-refractivity contribution is 7.12. The highest BCUT2D eigenvalue weighted by Crippen LogP contribution is 2.25. The van der Waals surface area contributed by atoms with E-state index in [1.54, 1.807) is 11.3 Å². The molecule has 5 nitrogen and oxygen atoms in total. The van der Waals surface area contributed by atoms with Gasteiger partial charge in [0, 0.05) is 9.75 Å². The van der Waals surface area contributed by atoms with E-state index < -0.39 is 0 Å². The fourth-order valence-electron chi connectivity index (χ4n) is 1.79. The molecule has 0 saturated heterocycles. The van der Waals surface area contributed by atoms with Gasteiger partial charge in [-0.05, 0) is 38.4 Å². The Balaban J connectivity index is 1.86. The molecule has 2 heterocycles.